The lowest BCUT2D eigenvalue weighted by Gasteiger charge is -2.36. The third kappa shape index (κ3) is 4.44. The average molecular weight is 445 g/mol. The number of rotatable bonds is 11. The predicted octanol–water partition coefficient (Wildman–Crippen LogP) is 7.48. The Bertz CT molecular complexity index is 1020. The van der Waals surface area contributed by atoms with Crippen LogP contribution >= 0.6 is 0 Å². The van der Waals surface area contributed by atoms with Crippen LogP contribution in [0.4, 0.5) is 0 Å². The average Bonchev–Trinajstić information content (AvgIpc) is 3.35. The number of benzene rings is 2. The fraction of sp³-hybridized carbons (Fsp3) is 0.433. The number of unbranched alkanes of at least 4 members (excludes halogenated alkanes) is 3. The summed E-state index contributed by atoms with van der Waals surface area (Å²) in [5.74, 6) is 1.11. The van der Waals surface area contributed by atoms with Crippen molar-refractivity contribution in [2.75, 3.05) is 13.9 Å². The molecule has 4 rings (SSSR count). The van der Waals surface area contributed by atoms with Gasteiger partial charge in [0.15, 0.2) is 6.79 Å². The van der Waals surface area contributed by atoms with Gasteiger partial charge in [0.05, 0.1) is 0 Å². The molecule has 174 valence electrons. The summed E-state index contributed by atoms with van der Waals surface area (Å²) in [6, 6.07) is 18.7. The summed E-state index contributed by atoms with van der Waals surface area (Å²) in [6.45, 7) is 7.09. The number of fused-ring (bicyclic) bond motifs is 1. The van der Waals surface area contributed by atoms with Crippen LogP contribution in [-0.4, -0.2) is 19.7 Å². The Morgan fingerprint density at radius 2 is 1.82 bits per heavy atom. The number of para-hydroxylation sites is 1. The Hall–Kier alpha value is -2.65. The van der Waals surface area contributed by atoms with E-state index in [1.54, 1.807) is 7.11 Å². The second kappa shape index (κ2) is 10.5. The molecule has 3 nitrogen and oxygen atoms in total. The number of ketones is 1. The van der Waals surface area contributed by atoms with E-state index in [1.165, 1.54) is 42.4 Å². The highest BCUT2D eigenvalue weighted by Crippen LogP contribution is 2.65. The van der Waals surface area contributed by atoms with Crippen molar-refractivity contribution in [3.63, 3.8) is 0 Å². The van der Waals surface area contributed by atoms with Crippen LogP contribution in [-0.2, 0) is 9.53 Å². The van der Waals surface area contributed by atoms with Crippen LogP contribution in [0.2, 0.25) is 0 Å². The number of hydrogen-bond donors (Lipinski definition) is 0. The molecular formula is C30H36O3. The molecule has 2 aromatic rings. The van der Waals surface area contributed by atoms with E-state index in [1.807, 2.05) is 18.2 Å². The topological polar surface area (TPSA) is 35.5 Å². The summed E-state index contributed by atoms with van der Waals surface area (Å²) in [5.41, 5.74) is 5.65. The molecule has 1 fully saturated rings. The molecule has 0 aromatic heterocycles. The lowest BCUT2D eigenvalue weighted by molar-refractivity contribution is -0.121. The largest absolute Gasteiger partial charge is 0.467 e. The molecule has 0 heterocycles. The molecule has 33 heavy (non-hydrogen) atoms. The number of methoxy groups -OCH3 is 1. The van der Waals surface area contributed by atoms with Crippen molar-refractivity contribution in [1.29, 1.82) is 0 Å². The Kier molecular flexibility index (Phi) is 7.49. The van der Waals surface area contributed by atoms with Gasteiger partial charge in [0.2, 0.25) is 0 Å². The van der Waals surface area contributed by atoms with Crippen LogP contribution < -0.4 is 4.74 Å². The first-order valence-corrected chi connectivity index (χ1v) is 12.3. The number of ether oxygens (including phenoxy) is 2. The van der Waals surface area contributed by atoms with Crippen LogP contribution in [0.1, 0.15) is 69.4 Å². The van der Waals surface area contributed by atoms with Crippen LogP contribution in [0.15, 0.2) is 66.7 Å². The molecule has 2 aliphatic rings. The van der Waals surface area contributed by atoms with Gasteiger partial charge in [-0.15, -0.1) is 0 Å². The monoisotopic (exact) mass is 444 g/mol. The molecule has 0 saturated heterocycles. The van der Waals surface area contributed by atoms with E-state index in [2.05, 4.69) is 49.9 Å². The van der Waals surface area contributed by atoms with E-state index in [4.69, 9.17) is 9.47 Å². The van der Waals surface area contributed by atoms with Gasteiger partial charge in [-0.1, -0.05) is 86.9 Å². The molecule has 0 N–H and O–H groups in total. The molecule has 2 aromatic carbocycles. The molecule has 0 amide bonds. The van der Waals surface area contributed by atoms with E-state index in [-0.39, 0.29) is 18.1 Å². The maximum Gasteiger partial charge on any atom is 0.188 e. The number of carbonyl (C=O) groups is 1. The molecule has 2 aliphatic carbocycles. The Morgan fingerprint density at radius 3 is 2.58 bits per heavy atom. The van der Waals surface area contributed by atoms with Crippen molar-refractivity contribution in [2.24, 2.45) is 11.3 Å². The van der Waals surface area contributed by atoms with Crippen molar-refractivity contribution in [2.45, 2.75) is 58.3 Å². The SMILES string of the molecule is C=C(c1ccccc1OCOC)C12CCC(=O)C1CC(CCCCCC)=C2c1ccccc1. The molecular weight excluding hydrogens is 408 g/mol. The molecule has 3 heteroatoms. The van der Waals surface area contributed by atoms with Crippen molar-refractivity contribution < 1.29 is 14.3 Å². The Labute approximate surface area is 198 Å². The number of carbonyl (C=O) groups excluding carboxylic acids is 1. The molecule has 1 saturated carbocycles. The molecule has 2 unspecified atom stereocenters. The van der Waals surface area contributed by atoms with Gasteiger partial charge in [-0.2, -0.15) is 0 Å². The fourth-order valence-corrected chi connectivity index (χ4v) is 5.97. The normalized spacial score (nSPS) is 22.0. The molecule has 2 atom stereocenters. The van der Waals surface area contributed by atoms with Gasteiger partial charge in [-0.25, -0.2) is 0 Å². The Morgan fingerprint density at radius 1 is 1.06 bits per heavy atom. The van der Waals surface area contributed by atoms with Crippen LogP contribution in [0.5, 0.6) is 5.75 Å². The first kappa shape index (κ1) is 23.5. The minimum atomic E-state index is -0.370. The van der Waals surface area contributed by atoms with E-state index in [0.29, 0.717) is 12.2 Å². The molecule has 0 bridgehead atoms. The zero-order valence-electron chi connectivity index (χ0n) is 20.1. The molecule has 0 radical (unpaired) electrons. The van der Waals surface area contributed by atoms with Gasteiger partial charge in [0.25, 0.3) is 0 Å². The third-order valence-electron chi connectivity index (χ3n) is 7.48. The molecule has 0 spiro atoms. The standard InChI is InChI=1S/C30H36O3/c1-4-5-6-8-15-24-20-26-27(31)18-19-30(26,29(24)23-13-9-7-10-14-23)22(2)25-16-11-12-17-28(25)33-21-32-3/h7,9-14,16-17,26H,2,4-6,8,15,18-21H2,1,3H3. The second-order valence-electron chi connectivity index (χ2n) is 9.38. The van der Waals surface area contributed by atoms with Crippen LogP contribution in [0, 0.1) is 11.3 Å². The zero-order valence-corrected chi connectivity index (χ0v) is 20.1. The van der Waals surface area contributed by atoms with Gasteiger partial charge in [-0.05, 0) is 48.5 Å². The number of hydrogen-bond acceptors (Lipinski definition) is 3. The maximum atomic E-state index is 13.2. The number of Topliss-reactive ketones (excluding diaryl/α,β-unsaturated/α-hetero) is 1. The summed E-state index contributed by atoms with van der Waals surface area (Å²) >= 11 is 0. The van der Waals surface area contributed by atoms with E-state index in [9.17, 15) is 4.79 Å². The van der Waals surface area contributed by atoms with E-state index >= 15 is 0 Å². The first-order chi connectivity index (χ1) is 16.1. The minimum absolute atomic E-state index is 0.0307. The first-order valence-electron chi connectivity index (χ1n) is 12.3. The summed E-state index contributed by atoms with van der Waals surface area (Å²) in [4.78, 5) is 13.2. The number of allylic oxidation sites excluding steroid dienone is 3. The zero-order chi connectivity index (χ0) is 23.3. The smallest absolute Gasteiger partial charge is 0.188 e. The van der Waals surface area contributed by atoms with Gasteiger partial charge in [0, 0.05) is 30.4 Å². The summed E-state index contributed by atoms with van der Waals surface area (Å²) < 4.78 is 11.1. The van der Waals surface area contributed by atoms with Gasteiger partial charge >= 0.3 is 0 Å². The quantitative estimate of drug-likeness (QED) is 0.266. The fourth-order valence-electron chi connectivity index (χ4n) is 5.97. The van der Waals surface area contributed by atoms with Crippen molar-refractivity contribution in [1.82, 2.24) is 0 Å². The summed E-state index contributed by atoms with van der Waals surface area (Å²) in [6.07, 6.45) is 8.25. The van der Waals surface area contributed by atoms with E-state index in [0.717, 1.165) is 36.1 Å². The van der Waals surface area contributed by atoms with Crippen molar-refractivity contribution >= 4 is 16.9 Å². The molecule has 0 aliphatic heterocycles. The van der Waals surface area contributed by atoms with Crippen LogP contribution in [0.3, 0.4) is 0 Å². The summed E-state index contributed by atoms with van der Waals surface area (Å²) in [7, 11) is 1.62. The summed E-state index contributed by atoms with van der Waals surface area (Å²) in [5, 5.41) is 0. The van der Waals surface area contributed by atoms with Crippen molar-refractivity contribution in [3.8, 4) is 5.75 Å². The van der Waals surface area contributed by atoms with Gasteiger partial charge in [-0.3, -0.25) is 4.79 Å². The predicted molar refractivity (Wildman–Crippen MR) is 135 cm³/mol. The van der Waals surface area contributed by atoms with Gasteiger partial charge in [0.1, 0.15) is 11.5 Å². The van der Waals surface area contributed by atoms with Crippen molar-refractivity contribution in [3.05, 3.63) is 77.9 Å². The second-order valence-corrected chi connectivity index (χ2v) is 9.38. The van der Waals surface area contributed by atoms with Gasteiger partial charge < -0.3 is 9.47 Å². The lowest BCUT2D eigenvalue weighted by atomic mass is 9.66. The highest BCUT2D eigenvalue weighted by atomic mass is 16.7. The lowest BCUT2D eigenvalue weighted by Crippen LogP contribution is -2.27. The highest BCUT2D eigenvalue weighted by Gasteiger charge is 2.57. The third-order valence-corrected chi connectivity index (χ3v) is 7.48. The minimum Gasteiger partial charge on any atom is -0.467 e. The highest BCUT2D eigenvalue weighted by molar-refractivity contribution is 6.01. The Balaban J connectivity index is 1.81. The van der Waals surface area contributed by atoms with Crippen LogP contribution in [0.25, 0.3) is 11.1 Å². The maximum absolute atomic E-state index is 13.2. The van der Waals surface area contributed by atoms with E-state index < -0.39 is 0 Å².